The van der Waals surface area contributed by atoms with Gasteiger partial charge in [0, 0.05) is 25.1 Å². The molecule has 1 saturated carbocycles. The van der Waals surface area contributed by atoms with Gasteiger partial charge in [-0.25, -0.2) is 4.39 Å². The van der Waals surface area contributed by atoms with Gasteiger partial charge in [-0.05, 0) is 25.0 Å². The monoisotopic (exact) mass is 296 g/mol. The quantitative estimate of drug-likeness (QED) is 0.817. The Hall–Kier alpha value is -1.69. The molecule has 1 amide bonds. The normalized spacial score (nSPS) is 13.9. The van der Waals surface area contributed by atoms with Gasteiger partial charge < -0.3 is 15.4 Å². The van der Waals surface area contributed by atoms with Crippen LogP contribution >= 0.6 is 12.2 Å². The van der Waals surface area contributed by atoms with Gasteiger partial charge in [0.2, 0.25) is 0 Å². The number of benzene rings is 1. The first-order valence-electron chi connectivity index (χ1n) is 6.45. The van der Waals surface area contributed by atoms with Crippen molar-refractivity contribution in [1.82, 2.24) is 4.90 Å². The van der Waals surface area contributed by atoms with Crippen LogP contribution in [0.1, 0.15) is 29.6 Å². The van der Waals surface area contributed by atoms with E-state index in [1.807, 2.05) is 0 Å². The maximum Gasteiger partial charge on any atom is 0.257 e. The lowest BCUT2D eigenvalue weighted by molar-refractivity contribution is 0.0743. The van der Waals surface area contributed by atoms with Crippen molar-refractivity contribution in [3.8, 4) is 5.75 Å². The van der Waals surface area contributed by atoms with Crippen LogP contribution in [-0.4, -0.2) is 35.5 Å². The van der Waals surface area contributed by atoms with Crippen molar-refractivity contribution in [2.45, 2.75) is 25.3 Å². The van der Waals surface area contributed by atoms with E-state index in [1.165, 1.54) is 19.2 Å². The summed E-state index contributed by atoms with van der Waals surface area (Å²) in [4.78, 5) is 14.4. The molecule has 1 aliphatic carbocycles. The third-order valence-corrected chi connectivity index (χ3v) is 3.46. The van der Waals surface area contributed by atoms with Crippen molar-refractivity contribution in [2.75, 3.05) is 13.7 Å². The zero-order chi connectivity index (χ0) is 14.7. The highest BCUT2D eigenvalue weighted by atomic mass is 32.1. The molecule has 1 aromatic carbocycles. The van der Waals surface area contributed by atoms with E-state index >= 15 is 0 Å². The zero-order valence-corrected chi connectivity index (χ0v) is 12.1. The van der Waals surface area contributed by atoms with Gasteiger partial charge in [0.05, 0.1) is 17.7 Å². The molecule has 20 heavy (non-hydrogen) atoms. The summed E-state index contributed by atoms with van der Waals surface area (Å²) in [6.07, 6.45) is 2.34. The Morgan fingerprint density at radius 1 is 1.55 bits per heavy atom. The minimum absolute atomic E-state index is 0.0561. The van der Waals surface area contributed by atoms with Gasteiger partial charge in [-0.1, -0.05) is 12.2 Å². The summed E-state index contributed by atoms with van der Waals surface area (Å²) in [5.74, 6) is -0.501. The highest BCUT2D eigenvalue weighted by Gasteiger charge is 2.33. The number of ether oxygens (including phenoxy) is 1. The van der Waals surface area contributed by atoms with Crippen molar-refractivity contribution in [1.29, 1.82) is 0 Å². The van der Waals surface area contributed by atoms with Crippen LogP contribution in [0.25, 0.3) is 0 Å². The highest BCUT2D eigenvalue weighted by molar-refractivity contribution is 7.80. The first-order chi connectivity index (χ1) is 9.52. The van der Waals surface area contributed by atoms with Crippen LogP contribution in [0.2, 0.25) is 0 Å². The molecule has 0 saturated heterocycles. The Bertz CT molecular complexity index is 532. The molecule has 2 N–H and O–H groups in total. The van der Waals surface area contributed by atoms with Crippen molar-refractivity contribution < 1.29 is 13.9 Å². The Kier molecular flexibility index (Phi) is 4.54. The Balaban J connectivity index is 2.16. The fourth-order valence-corrected chi connectivity index (χ4v) is 2.11. The molecule has 1 aromatic rings. The van der Waals surface area contributed by atoms with Gasteiger partial charge in [0.1, 0.15) is 11.6 Å². The first-order valence-corrected chi connectivity index (χ1v) is 6.86. The molecular formula is C14H17FN2O2S. The number of hydrogen-bond acceptors (Lipinski definition) is 3. The number of thiocarbonyl (C=S) groups is 1. The average molecular weight is 296 g/mol. The molecule has 2 rings (SSSR count). The highest BCUT2D eigenvalue weighted by Crippen LogP contribution is 2.29. The first kappa shape index (κ1) is 14.7. The summed E-state index contributed by atoms with van der Waals surface area (Å²) in [5, 5.41) is 0. The minimum Gasteiger partial charge on any atom is -0.497 e. The van der Waals surface area contributed by atoms with Crippen molar-refractivity contribution in [2.24, 2.45) is 5.73 Å². The lowest BCUT2D eigenvalue weighted by Gasteiger charge is -2.22. The summed E-state index contributed by atoms with van der Waals surface area (Å²) in [7, 11) is 1.45. The van der Waals surface area contributed by atoms with Crippen LogP contribution in [0.5, 0.6) is 5.75 Å². The van der Waals surface area contributed by atoms with E-state index in [2.05, 4.69) is 0 Å². The van der Waals surface area contributed by atoms with Crippen LogP contribution in [0.15, 0.2) is 18.2 Å². The second kappa shape index (κ2) is 6.17. The van der Waals surface area contributed by atoms with Gasteiger partial charge in [-0.3, -0.25) is 4.79 Å². The molecule has 0 aromatic heterocycles. The smallest absolute Gasteiger partial charge is 0.257 e. The molecule has 0 heterocycles. The van der Waals surface area contributed by atoms with E-state index in [-0.39, 0.29) is 17.5 Å². The summed E-state index contributed by atoms with van der Waals surface area (Å²) >= 11 is 4.83. The molecular weight excluding hydrogens is 279 g/mol. The zero-order valence-electron chi connectivity index (χ0n) is 11.3. The molecule has 0 radical (unpaired) electrons. The Morgan fingerprint density at radius 3 is 2.75 bits per heavy atom. The number of hydrogen-bond donors (Lipinski definition) is 1. The summed E-state index contributed by atoms with van der Waals surface area (Å²) in [5.41, 5.74) is 5.53. The fourth-order valence-electron chi connectivity index (χ4n) is 2.02. The van der Waals surface area contributed by atoms with Crippen molar-refractivity contribution in [3.63, 3.8) is 0 Å². The van der Waals surface area contributed by atoms with E-state index in [9.17, 15) is 9.18 Å². The predicted octanol–water partition coefficient (Wildman–Crippen LogP) is 2.12. The molecule has 108 valence electrons. The van der Waals surface area contributed by atoms with Crippen LogP contribution in [0.3, 0.4) is 0 Å². The molecule has 0 spiro atoms. The minimum atomic E-state index is -0.574. The van der Waals surface area contributed by atoms with Gasteiger partial charge in [-0.2, -0.15) is 0 Å². The number of halogens is 1. The van der Waals surface area contributed by atoms with Crippen molar-refractivity contribution in [3.05, 3.63) is 29.6 Å². The largest absolute Gasteiger partial charge is 0.497 e. The lowest BCUT2D eigenvalue weighted by Crippen LogP contribution is -2.36. The predicted molar refractivity (Wildman–Crippen MR) is 78.4 cm³/mol. The molecule has 0 atom stereocenters. The second-order valence-corrected chi connectivity index (χ2v) is 5.32. The fraction of sp³-hybridized carbons (Fsp3) is 0.429. The number of carbonyl (C=O) groups is 1. The molecule has 1 aliphatic rings. The Morgan fingerprint density at radius 2 is 2.25 bits per heavy atom. The van der Waals surface area contributed by atoms with Crippen LogP contribution in [0.4, 0.5) is 4.39 Å². The molecule has 0 bridgehead atoms. The molecule has 4 nitrogen and oxygen atoms in total. The summed E-state index contributed by atoms with van der Waals surface area (Å²) < 4.78 is 18.9. The number of nitrogens with two attached hydrogens (primary N) is 1. The van der Waals surface area contributed by atoms with E-state index in [4.69, 9.17) is 22.7 Å². The van der Waals surface area contributed by atoms with Gasteiger partial charge in [-0.15, -0.1) is 0 Å². The third kappa shape index (κ3) is 3.45. The number of methoxy groups -OCH3 is 1. The number of amides is 1. The lowest BCUT2D eigenvalue weighted by atomic mass is 10.1. The molecule has 1 fully saturated rings. The summed E-state index contributed by atoms with van der Waals surface area (Å²) in [6.45, 7) is 0.435. The standard InChI is InChI=1S/C14H17FN2O2S/c1-19-10-4-5-11(12(15)8-10)14(18)17(9-2-3-9)7-6-13(16)20/h4-5,8-9H,2-3,6-7H2,1H3,(H2,16,20). The molecule has 0 aliphatic heterocycles. The van der Waals surface area contributed by atoms with Gasteiger partial charge in [0.15, 0.2) is 0 Å². The molecule has 0 unspecified atom stereocenters. The van der Waals surface area contributed by atoms with E-state index < -0.39 is 5.82 Å². The van der Waals surface area contributed by atoms with Crippen LogP contribution in [0, 0.1) is 5.82 Å². The SMILES string of the molecule is COc1ccc(C(=O)N(CCC(N)=S)C2CC2)c(F)c1. The number of carbonyl (C=O) groups excluding carboxylic acids is 1. The van der Waals surface area contributed by atoms with E-state index in [0.29, 0.717) is 23.7 Å². The average Bonchev–Trinajstić information content (AvgIpc) is 3.22. The Labute approximate surface area is 122 Å². The second-order valence-electron chi connectivity index (χ2n) is 4.79. The molecule has 6 heteroatoms. The van der Waals surface area contributed by atoms with Crippen LogP contribution < -0.4 is 10.5 Å². The third-order valence-electron chi connectivity index (χ3n) is 3.25. The number of nitrogens with zero attached hydrogens (tertiary/aromatic N) is 1. The van der Waals surface area contributed by atoms with Crippen LogP contribution in [-0.2, 0) is 0 Å². The maximum atomic E-state index is 14.0. The topological polar surface area (TPSA) is 55.6 Å². The van der Waals surface area contributed by atoms with Gasteiger partial charge >= 0.3 is 0 Å². The number of rotatable bonds is 6. The van der Waals surface area contributed by atoms with Gasteiger partial charge in [0.25, 0.3) is 5.91 Å². The van der Waals surface area contributed by atoms with E-state index in [1.54, 1.807) is 11.0 Å². The van der Waals surface area contributed by atoms with Crippen molar-refractivity contribution >= 4 is 23.1 Å². The maximum absolute atomic E-state index is 14.0. The summed E-state index contributed by atoms with van der Waals surface area (Å²) in [6, 6.07) is 4.42. The van der Waals surface area contributed by atoms with E-state index in [0.717, 1.165) is 12.8 Å².